The average molecular weight is 577 g/mol. The summed E-state index contributed by atoms with van der Waals surface area (Å²) < 4.78 is 54.8. The van der Waals surface area contributed by atoms with Crippen LogP contribution in [0.1, 0.15) is 0 Å². The molecule has 0 aliphatic rings. The first-order valence-electron chi connectivity index (χ1n) is 12.1. The fourth-order valence-corrected chi connectivity index (χ4v) is 4.58. The van der Waals surface area contributed by atoms with E-state index < -0.39 is 10.2 Å². The zero-order valence-corrected chi connectivity index (χ0v) is 24.1. The molecule has 37 heavy (non-hydrogen) atoms. The van der Waals surface area contributed by atoms with Crippen LogP contribution in [0.4, 0.5) is 0 Å². The summed E-state index contributed by atoms with van der Waals surface area (Å²) in [5, 5.41) is 0. The topological polar surface area (TPSA) is 103 Å². The third-order valence-corrected chi connectivity index (χ3v) is 7.66. The number of ether oxygens (including phenoxy) is 4. The monoisotopic (exact) mass is 576 g/mol. The van der Waals surface area contributed by atoms with E-state index in [1.54, 1.807) is 23.5 Å². The van der Waals surface area contributed by atoms with Gasteiger partial charge in [-0.05, 0) is 12.5 Å². The van der Waals surface area contributed by atoms with Crippen molar-refractivity contribution in [3.05, 3.63) is 49.1 Å². The molecule has 2 aromatic heterocycles. The lowest BCUT2D eigenvalue weighted by atomic mass is 10.5. The van der Waals surface area contributed by atoms with Crippen LogP contribution in [0.25, 0.3) is 0 Å². The maximum Gasteiger partial charge on any atom is 0.277 e. The molecule has 2 heterocycles. The number of aromatic nitrogens is 2. The van der Waals surface area contributed by atoms with Gasteiger partial charge >= 0.3 is 0 Å². The van der Waals surface area contributed by atoms with Crippen molar-refractivity contribution in [1.29, 1.82) is 0 Å². The van der Waals surface area contributed by atoms with Crippen LogP contribution in [0.3, 0.4) is 0 Å². The molecule has 2 aromatic rings. The van der Waals surface area contributed by atoms with E-state index >= 15 is 0 Å². The van der Waals surface area contributed by atoms with E-state index in [0.717, 1.165) is 13.1 Å². The second kappa shape index (κ2) is 19.7. The number of nitrogens with zero attached hydrogens (tertiary/aromatic N) is 2. The molecular formula is C24H40N4O6S3+2. The quantitative estimate of drug-likeness (QED) is 0.121. The van der Waals surface area contributed by atoms with Crippen molar-refractivity contribution in [1.82, 2.24) is 9.44 Å². The summed E-state index contributed by atoms with van der Waals surface area (Å²) in [6, 6.07) is 8.28. The number of thioether (sulfide) groups is 2. The van der Waals surface area contributed by atoms with Gasteiger partial charge in [-0.2, -0.15) is 17.9 Å². The van der Waals surface area contributed by atoms with E-state index in [1.807, 2.05) is 37.3 Å². The second-order valence-corrected chi connectivity index (χ2v) is 11.0. The summed E-state index contributed by atoms with van der Waals surface area (Å²) in [7, 11) is -3.59. The number of nitrogens with one attached hydrogen (secondary N) is 2. The molecule has 2 rings (SSSR count). The Bertz CT molecular complexity index is 878. The summed E-state index contributed by atoms with van der Waals surface area (Å²) in [5.41, 5.74) is 0. The molecule has 2 N–H and O–H groups in total. The first-order valence-corrected chi connectivity index (χ1v) is 16.1. The van der Waals surface area contributed by atoms with Gasteiger partial charge < -0.3 is 18.9 Å². The number of rotatable bonds is 22. The number of hydrogen-bond donors (Lipinski definition) is 2. The van der Waals surface area contributed by atoms with E-state index in [9.17, 15) is 8.42 Å². The van der Waals surface area contributed by atoms with E-state index in [1.165, 1.54) is 9.79 Å². The van der Waals surface area contributed by atoms with Crippen molar-refractivity contribution in [2.24, 2.45) is 0 Å². The highest BCUT2D eigenvalue weighted by Gasteiger charge is 2.08. The Morgan fingerprint density at radius 3 is 1.32 bits per heavy atom. The molecule has 0 radical (unpaired) electrons. The summed E-state index contributed by atoms with van der Waals surface area (Å²) in [6.45, 7) is 5.33. The zero-order valence-electron chi connectivity index (χ0n) is 21.7. The van der Waals surface area contributed by atoms with Crippen LogP contribution in [-0.2, 0) is 42.2 Å². The molecule has 0 unspecified atom stereocenters. The van der Waals surface area contributed by atoms with Crippen LogP contribution < -0.4 is 18.6 Å². The molecule has 0 spiro atoms. The van der Waals surface area contributed by atoms with Gasteiger partial charge in [0.2, 0.25) is 0 Å². The molecule has 0 aliphatic heterocycles. The van der Waals surface area contributed by atoms with Crippen LogP contribution in [0.5, 0.6) is 0 Å². The SMILES string of the molecule is CSc1cc[n+](CCOCCOCCNS(=O)(=O)NCCOCCOCC[n+]2ccc(SC)cc2)cc1. The highest BCUT2D eigenvalue weighted by atomic mass is 32.2. The zero-order chi connectivity index (χ0) is 26.6. The maximum atomic E-state index is 11.9. The minimum atomic E-state index is -3.59. The molecule has 0 fully saturated rings. The molecular weight excluding hydrogens is 536 g/mol. The van der Waals surface area contributed by atoms with E-state index in [0.29, 0.717) is 39.6 Å². The first kappa shape index (κ1) is 31.9. The van der Waals surface area contributed by atoms with E-state index in [-0.39, 0.29) is 26.3 Å². The molecule has 10 nitrogen and oxygen atoms in total. The van der Waals surface area contributed by atoms with Gasteiger partial charge in [-0.15, -0.1) is 23.5 Å². The predicted octanol–water partition coefficient (Wildman–Crippen LogP) is 0.896. The van der Waals surface area contributed by atoms with Crippen molar-refractivity contribution in [3.63, 3.8) is 0 Å². The van der Waals surface area contributed by atoms with Crippen LogP contribution in [0.2, 0.25) is 0 Å². The van der Waals surface area contributed by atoms with Crippen molar-refractivity contribution in [2.75, 3.05) is 78.5 Å². The lowest BCUT2D eigenvalue weighted by Gasteiger charge is -2.09. The number of pyridine rings is 2. The third kappa shape index (κ3) is 15.7. The minimum Gasteiger partial charge on any atom is -0.378 e. The molecule has 0 aromatic carbocycles. The highest BCUT2D eigenvalue weighted by molar-refractivity contribution is 7.98. The van der Waals surface area contributed by atoms with Crippen LogP contribution >= 0.6 is 23.5 Å². The Morgan fingerprint density at radius 2 is 0.973 bits per heavy atom. The fraction of sp³-hybridized carbons (Fsp3) is 0.583. The van der Waals surface area contributed by atoms with Crippen molar-refractivity contribution in [2.45, 2.75) is 22.9 Å². The van der Waals surface area contributed by atoms with Crippen LogP contribution in [0.15, 0.2) is 58.8 Å². The summed E-state index contributed by atoms with van der Waals surface area (Å²) in [5.74, 6) is 0. The Kier molecular flexibility index (Phi) is 17.0. The van der Waals surface area contributed by atoms with Gasteiger partial charge in [0.05, 0.1) is 39.6 Å². The van der Waals surface area contributed by atoms with Crippen molar-refractivity contribution in [3.8, 4) is 0 Å². The van der Waals surface area contributed by atoms with Crippen molar-refractivity contribution < 1.29 is 36.5 Å². The normalized spacial score (nSPS) is 11.7. The molecule has 0 atom stereocenters. The van der Waals surface area contributed by atoms with E-state index in [2.05, 4.69) is 42.8 Å². The molecule has 0 amide bonds. The van der Waals surface area contributed by atoms with Gasteiger partial charge in [-0.1, -0.05) is 0 Å². The maximum absolute atomic E-state index is 11.9. The van der Waals surface area contributed by atoms with Gasteiger partial charge in [0, 0.05) is 47.1 Å². The molecule has 0 aliphatic carbocycles. The van der Waals surface area contributed by atoms with Gasteiger partial charge in [0.15, 0.2) is 37.9 Å². The smallest absolute Gasteiger partial charge is 0.277 e. The molecule has 0 saturated carbocycles. The first-order chi connectivity index (χ1) is 18.0. The predicted molar refractivity (Wildman–Crippen MR) is 145 cm³/mol. The summed E-state index contributed by atoms with van der Waals surface area (Å²) in [4.78, 5) is 2.45. The minimum absolute atomic E-state index is 0.180. The highest BCUT2D eigenvalue weighted by Crippen LogP contribution is 2.10. The Hall–Kier alpha value is -1.29. The average Bonchev–Trinajstić information content (AvgIpc) is 2.91. The lowest BCUT2D eigenvalue weighted by Crippen LogP contribution is -2.40. The standard InChI is InChI=1S/C24H40N4O6S3/c1-35-23-3-9-27(10-4-23)13-17-33-21-19-31-15-7-25-37(29,30)26-8-16-32-20-22-34-18-14-28-11-5-24(36-2)6-12-28/h3-6,9-12,25-26H,7-8,13-22H2,1-2H3/q+2. The van der Waals surface area contributed by atoms with Crippen LogP contribution in [0, 0.1) is 0 Å². The Balaban J connectivity index is 1.35. The van der Waals surface area contributed by atoms with E-state index in [4.69, 9.17) is 18.9 Å². The Morgan fingerprint density at radius 1 is 0.622 bits per heavy atom. The third-order valence-electron chi connectivity index (χ3n) is 5.00. The van der Waals surface area contributed by atoms with Gasteiger partial charge in [-0.3, -0.25) is 0 Å². The molecule has 0 saturated heterocycles. The molecule has 13 heteroatoms. The summed E-state index contributed by atoms with van der Waals surface area (Å²) in [6.07, 6.45) is 12.2. The largest absolute Gasteiger partial charge is 0.378 e. The van der Waals surface area contributed by atoms with Gasteiger partial charge in [0.1, 0.15) is 13.2 Å². The molecule has 0 bridgehead atoms. The van der Waals surface area contributed by atoms with Crippen LogP contribution in [-0.4, -0.2) is 86.9 Å². The van der Waals surface area contributed by atoms with Gasteiger partial charge in [0.25, 0.3) is 10.2 Å². The second-order valence-electron chi connectivity index (χ2n) is 7.69. The van der Waals surface area contributed by atoms with Gasteiger partial charge in [-0.25, -0.2) is 9.13 Å². The number of hydrogen-bond acceptors (Lipinski definition) is 8. The Labute approximate surface area is 229 Å². The molecule has 208 valence electrons. The summed E-state index contributed by atoms with van der Waals surface area (Å²) >= 11 is 3.42. The lowest BCUT2D eigenvalue weighted by molar-refractivity contribution is -0.698. The fourth-order valence-electron chi connectivity index (χ4n) is 2.99. The van der Waals surface area contributed by atoms with Crippen molar-refractivity contribution >= 4 is 33.7 Å².